The largest absolute Gasteiger partial charge is 0.490 e. The van der Waals surface area contributed by atoms with E-state index in [1.165, 1.54) is 0 Å². The quantitative estimate of drug-likeness (QED) is 0.386. The summed E-state index contributed by atoms with van der Waals surface area (Å²) in [6.45, 7) is 2.72. The van der Waals surface area contributed by atoms with E-state index < -0.39 is 0 Å². The van der Waals surface area contributed by atoms with Gasteiger partial charge in [-0.3, -0.25) is 9.59 Å². The Labute approximate surface area is 187 Å². The van der Waals surface area contributed by atoms with E-state index in [0.29, 0.717) is 31.1 Å². The van der Waals surface area contributed by atoms with Crippen LogP contribution in [0.25, 0.3) is 0 Å². The van der Waals surface area contributed by atoms with Crippen molar-refractivity contribution in [1.82, 2.24) is 0 Å². The fourth-order valence-corrected chi connectivity index (χ4v) is 2.81. The van der Waals surface area contributed by atoms with Crippen LogP contribution in [-0.4, -0.2) is 31.6 Å². The highest BCUT2D eigenvalue weighted by Gasteiger charge is 2.05. The van der Waals surface area contributed by atoms with Crippen LogP contribution in [-0.2, 0) is 9.59 Å². The first-order valence-corrected chi connectivity index (χ1v) is 10.5. The summed E-state index contributed by atoms with van der Waals surface area (Å²) in [5, 5.41) is 8.69. The Morgan fingerprint density at radius 2 is 1.31 bits per heavy atom. The van der Waals surface area contributed by atoms with Gasteiger partial charge in [0.15, 0.2) is 0 Å². The molecule has 0 aliphatic heterocycles. The van der Waals surface area contributed by atoms with E-state index in [-0.39, 0.29) is 18.4 Å². The van der Waals surface area contributed by atoms with Crippen molar-refractivity contribution in [2.75, 3.05) is 35.7 Å². The van der Waals surface area contributed by atoms with Gasteiger partial charge < -0.3 is 25.4 Å². The summed E-state index contributed by atoms with van der Waals surface area (Å²) in [5.41, 5.74) is 2.15. The average Bonchev–Trinajstić information content (AvgIpc) is 2.82. The van der Waals surface area contributed by atoms with Crippen molar-refractivity contribution < 1.29 is 19.1 Å². The van der Waals surface area contributed by atoms with E-state index in [2.05, 4.69) is 16.0 Å². The number of carbonyl (C=O) groups excluding carboxylic acids is 2. The van der Waals surface area contributed by atoms with Gasteiger partial charge in [-0.1, -0.05) is 31.2 Å². The molecule has 0 aliphatic rings. The molecule has 0 saturated heterocycles. The van der Waals surface area contributed by atoms with Crippen molar-refractivity contribution in [3.05, 3.63) is 78.9 Å². The van der Waals surface area contributed by atoms with Crippen molar-refractivity contribution >= 4 is 28.9 Å². The van der Waals surface area contributed by atoms with E-state index in [1.807, 2.05) is 54.6 Å². The molecule has 0 atom stereocenters. The van der Waals surface area contributed by atoms with E-state index in [4.69, 9.17) is 9.47 Å². The standard InChI is InChI=1S/C25H27N3O4/c1-2-24(29)27-20-13-11-19(12-14-20)26-18-25(30)28-21-7-6-10-23(17-21)32-16-15-31-22-8-4-3-5-9-22/h3-14,17,26H,2,15-16,18H2,1H3,(H,27,29)(H,28,30). The second-order valence-corrected chi connectivity index (χ2v) is 6.92. The minimum Gasteiger partial charge on any atom is -0.490 e. The Hall–Kier alpha value is -4.00. The normalized spacial score (nSPS) is 10.2. The first-order valence-electron chi connectivity index (χ1n) is 10.5. The maximum absolute atomic E-state index is 12.3. The Balaban J connectivity index is 1.40. The lowest BCUT2D eigenvalue weighted by Crippen LogP contribution is -2.21. The molecule has 3 rings (SSSR count). The summed E-state index contributed by atoms with van der Waals surface area (Å²) < 4.78 is 11.3. The molecular weight excluding hydrogens is 406 g/mol. The summed E-state index contributed by atoms with van der Waals surface area (Å²) in [4.78, 5) is 23.7. The molecule has 7 heteroatoms. The van der Waals surface area contributed by atoms with Crippen LogP contribution in [0.5, 0.6) is 11.5 Å². The molecule has 3 N–H and O–H groups in total. The smallest absolute Gasteiger partial charge is 0.243 e. The second-order valence-electron chi connectivity index (χ2n) is 6.92. The Morgan fingerprint density at radius 1 is 0.688 bits per heavy atom. The van der Waals surface area contributed by atoms with Crippen LogP contribution >= 0.6 is 0 Å². The number of ether oxygens (including phenoxy) is 2. The van der Waals surface area contributed by atoms with Crippen LogP contribution in [0, 0.1) is 0 Å². The van der Waals surface area contributed by atoms with Crippen LogP contribution < -0.4 is 25.4 Å². The predicted molar refractivity (Wildman–Crippen MR) is 126 cm³/mol. The van der Waals surface area contributed by atoms with Crippen molar-refractivity contribution in [2.45, 2.75) is 13.3 Å². The van der Waals surface area contributed by atoms with E-state index >= 15 is 0 Å². The highest BCUT2D eigenvalue weighted by Crippen LogP contribution is 2.18. The number of benzene rings is 3. The number of hydrogen-bond acceptors (Lipinski definition) is 5. The lowest BCUT2D eigenvalue weighted by molar-refractivity contribution is -0.116. The Kier molecular flexibility index (Phi) is 8.50. The molecule has 0 saturated carbocycles. The molecule has 0 fully saturated rings. The van der Waals surface area contributed by atoms with Gasteiger partial charge in [0, 0.05) is 29.5 Å². The van der Waals surface area contributed by atoms with Crippen LogP contribution in [0.1, 0.15) is 13.3 Å². The number of nitrogens with one attached hydrogen (secondary N) is 3. The summed E-state index contributed by atoms with van der Waals surface area (Å²) >= 11 is 0. The highest BCUT2D eigenvalue weighted by atomic mass is 16.5. The summed E-state index contributed by atoms with van der Waals surface area (Å²) in [7, 11) is 0. The van der Waals surface area contributed by atoms with E-state index in [9.17, 15) is 9.59 Å². The fraction of sp³-hybridized carbons (Fsp3) is 0.200. The van der Waals surface area contributed by atoms with Crippen LogP contribution in [0.3, 0.4) is 0 Å². The Morgan fingerprint density at radius 3 is 2.03 bits per heavy atom. The zero-order valence-electron chi connectivity index (χ0n) is 18.0. The molecule has 3 aromatic carbocycles. The molecular formula is C25H27N3O4. The molecule has 0 bridgehead atoms. The van der Waals surface area contributed by atoms with Gasteiger partial charge in [-0.2, -0.15) is 0 Å². The zero-order chi connectivity index (χ0) is 22.6. The van der Waals surface area contributed by atoms with Gasteiger partial charge in [0.2, 0.25) is 11.8 Å². The molecule has 0 spiro atoms. The monoisotopic (exact) mass is 433 g/mol. The maximum atomic E-state index is 12.3. The SMILES string of the molecule is CCC(=O)Nc1ccc(NCC(=O)Nc2cccc(OCCOc3ccccc3)c2)cc1. The third kappa shape index (κ3) is 7.68. The first-order chi connectivity index (χ1) is 15.6. The zero-order valence-corrected chi connectivity index (χ0v) is 18.0. The topological polar surface area (TPSA) is 88.7 Å². The van der Waals surface area contributed by atoms with Gasteiger partial charge in [0.25, 0.3) is 0 Å². The van der Waals surface area contributed by atoms with Gasteiger partial charge >= 0.3 is 0 Å². The number of carbonyl (C=O) groups is 2. The highest BCUT2D eigenvalue weighted by molar-refractivity contribution is 5.94. The van der Waals surface area contributed by atoms with E-state index in [0.717, 1.165) is 17.1 Å². The van der Waals surface area contributed by atoms with Crippen molar-refractivity contribution in [1.29, 1.82) is 0 Å². The molecule has 3 aromatic rings. The van der Waals surface area contributed by atoms with Gasteiger partial charge in [-0.05, 0) is 48.5 Å². The van der Waals surface area contributed by atoms with Crippen LogP contribution in [0.15, 0.2) is 78.9 Å². The third-order valence-corrected chi connectivity index (χ3v) is 4.42. The number of amides is 2. The lowest BCUT2D eigenvalue weighted by Gasteiger charge is -2.11. The van der Waals surface area contributed by atoms with Crippen molar-refractivity contribution in [3.8, 4) is 11.5 Å². The molecule has 0 aliphatic carbocycles. The minimum atomic E-state index is -0.182. The predicted octanol–water partition coefficient (Wildman–Crippen LogP) is 4.54. The van der Waals surface area contributed by atoms with Gasteiger partial charge in [-0.15, -0.1) is 0 Å². The van der Waals surface area contributed by atoms with Crippen molar-refractivity contribution in [3.63, 3.8) is 0 Å². The molecule has 0 radical (unpaired) electrons. The summed E-state index contributed by atoms with van der Waals surface area (Å²) in [6, 6.07) is 24.0. The number of rotatable bonds is 11. The molecule has 0 heterocycles. The minimum absolute atomic E-state index is 0.0417. The third-order valence-electron chi connectivity index (χ3n) is 4.42. The van der Waals surface area contributed by atoms with Gasteiger partial charge in [0.05, 0.1) is 6.54 Å². The molecule has 32 heavy (non-hydrogen) atoms. The molecule has 166 valence electrons. The maximum Gasteiger partial charge on any atom is 0.243 e. The number of anilines is 3. The van der Waals surface area contributed by atoms with Crippen molar-refractivity contribution in [2.24, 2.45) is 0 Å². The van der Waals surface area contributed by atoms with Gasteiger partial charge in [0.1, 0.15) is 24.7 Å². The molecule has 0 unspecified atom stereocenters. The Bertz CT molecular complexity index is 1010. The summed E-state index contributed by atoms with van der Waals surface area (Å²) in [6.07, 6.45) is 0.424. The fourth-order valence-electron chi connectivity index (χ4n) is 2.81. The molecule has 7 nitrogen and oxygen atoms in total. The molecule has 0 aromatic heterocycles. The number of hydrogen-bond donors (Lipinski definition) is 3. The second kappa shape index (κ2) is 12.0. The first kappa shape index (κ1) is 22.7. The van der Waals surface area contributed by atoms with Crippen LogP contribution in [0.2, 0.25) is 0 Å². The van der Waals surface area contributed by atoms with E-state index in [1.54, 1.807) is 31.2 Å². The average molecular weight is 434 g/mol. The lowest BCUT2D eigenvalue weighted by atomic mass is 10.2. The van der Waals surface area contributed by atoms with Gasteiger partial charge in [-0.25, -0.2) is 0 Å². The summed E-state index contributed by atoms with van der Waals surface area (Å²) in [5.74, 6) is 1.22. The van der Waals surface area contributed by atoms with Crippen LogP contribution in [0.4, 0.5) is 17.1 Å². The molecule has 2 amide bonds. The number of para-hydroxylation sites is 1.